The Morgan fingerprint density at radius 2 is 1.00 bits per heavy atom. The second-order valence-corrected chi connectivity index (χ2v) is 17.7. The van der Waals surface area contributed by atoms with Gasteiger partial charge < -0.3 is 13.6 Å². The second-order valence-electron chi connectivity index (χ2n) is 13.9. The predicted molar refractivity (Wildman–Crippen MR) is 207 cm³/mol. The summed E-state index contributed by atoms with van der Waals surface area (Å²) >= 11 is 0. The van der Waals surface area contributed by atoms with E-state index in [0.29, 0.717) is 0 Å². The monoisotopic (exact) mass is 648 g/mol. The highest BCUT2D eigenvalue weighted by atomic mass is 28.4. The second kappa shape index (κ2) is 12.1. The number of ether oxygens (including phenoxy) is 1. The molecule has 0 bridgehead atoms. The Kier molecular flexibility index (Phi) is 7.88. The van der Waals surface area contributed by atoms with Crippen LogP contribution in [0.3, 0.4) is 0 Å². The Balaban J connectivity index is 1.20. The molecule has 7 aromatic carbocycles. The summed E-state index contributed by atoms with van der Waals surface area (Å²) in [4.78, 5) is 0. The van der Waals surface area contributed by atoms with Crippen LogP contribution in [0.2, 0.25) is 12.1 Å². The van der Waals surface area contributed by atoms with Gasteiger partial charge in [-0.25, -0.2) is 0 Å². The Labute approximate surface area is 283 Å². The molecule has 0 saturated carbocycles. The van der Waals surface area contributed by atoms with Crippen molar-refractivity contribution in [1.29, 1.82) is 0 Å². The molecule has 48 heavy (non-hydrogen) atoms. The third-order valence-corrected chi connectivity index (χ3v) is 15.1. The van der Waals surface area contributed by atoms with Gasteiger partial charge in [-0.1, -0.05) is 50.3 Å². The lowest BCUT2D eigenvalue weighted by Crippen LogP contribution is -2.44. The summed E-state index contributed by atoms with van der Waals surface area (Å²) in [5.41, 5.74) is -0.0602. The van der Waals surface area contributed by atoms with Gasteiger partial charge in [0.2, 0.25) is 0 Å². The number of hydrogen-bond acceptors (Lipinski definition) is 3. The molecule has 0 fully saturated rings. The zero-order valence-corrected chi connectivity index (χ0v) is 29.7. The van der Waals surface area contributed by atoms with Crippen LogP contribution in [0.4, 0.5) is 0 Å². The minimum absolute atomic E-state index is 0.0602. The Morgan fingerprint density at radius 3 is 1.40 bits per heavy atom. The summed E-state index contributed by atoms with van der Waals surface area (Å²) in [6.45, 7) is 4.48. The van der Waals surface area contributed by atoms with Crippen LogP contribution in [-0.4, -0.2) is 36.0 Å². The van der Waals surface area contributed by atoms with Gasteiger partial charge in [0.05, 0.1) is 6.10 Å². The SMILES string of the molecule is CCC1(C(CC[Si](CC)(OC)OC)OC)C=c2cc3cc4cc5cc6cc7cc8ccccc8cc7cc6cc5cc4cc3cc2=CC1. The highest BCUT2D eigenvalue weighted by molar-refractivity contribution is 6.67. The lowest BCUT2D eigenvalue weighted by Gasteiger charge is -2.39. The first-order chi connectivity index (χ1) is 23.4. The Bertz CT molecular complexity index is 2490. The maximum atomic E-state index is 6.25. The molecule has 0 aromatic heterocycles. The minimum Gasteiger partial charge on any atom is -0.398 e. The van der Waals surface area contributed by atoms with Crippen LogP contribution in [0.25, 0.3) is 76.8 Å². The van der Waals surface area contributed by atoms with E-state index in [1.54, 1.807) is 14.2 Å². The van der Waals surface area contributed by atoms with Crippen molar-refractivity contribution in [2.45, 2.75) is 51.3 Å². The van der Waals surface area contributed by atoms with Gasteiger partial charge in [0.15, 0.2) is 0 Å². The molecule has 7 aromatic rings. The van der Waals surface area contributed by atoms with E-state index >= 15 is 0 Å². The summed E-state index contributed by atoms with van der Waals surface area (Å²) in [7, 11) is 3.27. The normalized spacial score (nSPS) is 17.3. The standard InChI is InChI=1S/C44H44O3Si/c1-6-44(43(45-3)13-15-48(7-2,46-4)47-5)14-12-31-18-34-21-37-24-38-22-35-19-32-16-29-10-8-9-11-30(29)17-33(32)20-36(35)23-39(38)25-40(37)26-41(34)27-42(31)28-44/h8-12,16-28,43H,6-7,13-15H2,1-5H3. The molecule has 242 valence electrons. The van der Waals surface area contributed by atoms with E-state index < -0.39 is 8.56 Å². The van der Waals surface area contributed by atoms with Crippen LogP contribution in [0.15, 0.2) is 97.1 Å². The topological polar surface area (TPSA) is 27.7 Å². The maximum absolute atomic E-state index is 6.25. The van der Waals surface area contributed by atoms with Crippen LogP contribution < -0.4 is 10.4 Å². The highest BCUT2D eigenvalue weighted by Gasteiger charge is 2.40. The fourth-order valence-electron chi connectivity index (χ4n) is 8.45. The van der Waals surface area contributed by atoms with Gasteiger partial charge in [-0.15, -0.1) is 0 Å². The number of hydrogen-bond donors (Lipinski definition) is 0. The Hall–Kier alpha value is -4.06. The molecule has 1 aliphatic carbocycles. The fraction of sp³-hybridized carbons (Fsp3) is 0.273. The van der Waals surface area contributed by atoms with E-state index in [4.69, 9.17) is 13.6 Å². The number of rotatable bonds is 9. The van der Waals surface area contributed by atoms with Crippen molar-refractivity contribution in [2.75, 3.05) is 21.3 Å². The van der Waals surface area contributed by atoms with E-state index in [9.17, 15) is 0 Å². The molecule has 0 radical (unpaired) electrons. The molecular formula is C44H44O3Si. The molecule has 0 amide bonds. The van der Waals surface area contributed by atoms with Crippen molar-refractivity contribution in [3.8, 4) is 0 Å². The summed E-state index contributed by atoms with van der Waals surface area (Å²) < 4.78 is 18.1. The van der Waals surface area contributed by atoms with Gasteiger partial charge in [-0.05, 0) is 179 Å². The van der Waals surface area contributed by atoms with E-state index in [-0.39, 0.29) is 11.5 Å². The van der Waals surface area contributed by atoms with Gasteiger partial charge in [-0.2, -0.15) is 0 Å². The minimum atomic E-state index is -2.20. The zero-order valence-electron chi connectivity index (χ0n) is 28.7. The maximum Gasteiger partial charge on any atom is 0.337 e. The van der Waals surface area contributed by atoms with Crippen LogP contribution >= 0.6 is 0 Å². The van der Waals surface area contributed by atoms with E-state index in [0.717, 1.165) is 31.4 Å². The molecular weight excluding hydrogens is 605 g/mol. The first kappa shape index (κ1) is 31.2. The van der Waals surface area contributed by atoms with Crippen LogP contribution in [-0.2, 0) is 13.6 Å². The van der Waals surface area contributed by atoms with E-state index in [2.05, 4.69) is 123 Å². The lowest BCUT2D eigenvalue weighted by molar-refractivity contribution is 0.0174. The van der Waals surface area contributed by atoms with Gasteiger partial charge in [-0.3, -0.25) is 0 Å². The van der Waals surface area contributed by atoms with E-state index in [1.807, 2.05) is 7.11 Å². The summed E-state index contributed by atoms with van der Waals surface area (Å²) in [6.07, 6.45) is 7.96. The molecule has 0 spiro atoms. The first-order valence-corrected chi connectivity index (χ1v) is 19.7. The fourth-order valence-corrected chi connectivity index (χ4v) is 10.7. The number of fused-ring (bicyclic) bond motifs is 7. The predicted octanol–water partition coefficient (Wildman–Crippen LogP) is 10.1. The van der Waals surface area contributed by atoms with Crippen molar-refractivity contribution in [2.24, 2.45) is 5.41 Å². The molecule has 0 saturated heterocycles. The Morgan fingerprint density at radius 1 is 0.583 bits per heavy atom. The molecule has 3 nitrogen and oxygen atoms in total. The van der Waals surface area contributed by atoms with Crippen molar-refractivity contribution >= 4 is 85.3 Å². The molecule has 2 unspecified atom stereocenters. The van der Waals surface area contributed by atoms with Crippen molar-refractivity contribution < 1.29 is 13.6 Å². The quantitative estimate of drug-likeness (QED) is 0.115. The molecule has 4 heteroatoms. The molecule has 2 atom stereocenters. The van der Waals surface area contributed by atoms with Crippen molar-refractivity contribution in [3.63, 3.8) is 0 Å². The average molecular weight is 649 g/mol. The summed E-state index contributed by atoms with van der Waals surface area (Å²) in [5.74, 6) is 0. The van der Waals surface area contributed by atoms with Crippen LogP contribution in [0, 0.1) is 5.41 Å². The van der Waals surface area contributed by atoms with Gasteiger partial charge in [0.1, 0.15) is 0 Å². The highest BCUT2D eigenvalue weighted by Crippen LogP contribution is 2.40. The molecule has 8 rings (SSSR count). The molecule has 1 aliphatic rings. The first-order valence-electron chi connectivity index (χ1n) is 17.4. The smallest absolute Gasteiger partial charge is 0.337 e. The van der Waals surface area contributed by atoms with Gasteiger partial charge >= 0.3 is 8.56 Å². The zero-order chi connectivity index (χ0) is 33.0. The molecule has 0 heterocycles. The summed E-state index contributed by atoms with van der Waals surface area (Å²) in [5, 5.41) is 18.0. The largest absolute Gasteiger partial charge is 0.398 e. The number of benzene rings is 7. The average Bonchev–Trinajstić information content (AvgIpc) is 3.11. The van der Waals surface area contributed by atoms with Gasteiger partial charge in [0.25, 0.3) is 0 Å². The lowest BCUT2D eigenvalue weighted by atomic mass is 9.72. The van der Waals surface area contributed by atoms with Crippen molar-refractivity contribution in [3.05, 3.63) is 107 Å². The van der Waals surface area contributed by atoms with Crippen molar-refractivity contribution in [1.82, 2.24) is 0 Å². The van der Waals surface area contributed by atoms with E-state index in [1.165, 1.54) is 75.1 Å². The van der Waals surface area contributed by atoms with Crippen LogP contribution in [0.1, 0.15) is 33.1 Å². The van der Waals surface area contributed by atoms with Gasteiger partial charge in [0, 0.05) is 26.7 Å². The molecule has 0 aliphatic heterocycles. The number of methoxy groups -OCH3 is 1. The summed E-state index contributed by atoms with van der Waals surface area (Å²) in [6, 6.07) is 38.8. The van der Waals surface area contributed by atoms with Crippen LogP contribution in [0.5, 0.6) is 0 Å². The third kappa shape index (κ3) is 5.23. The third-order valence-electron chi connectivity index (χ3n) is 11.5. The molecule has 0 N–H and O–H groups in total.